The first kappa shape index (κ1) is 16.0. The first-order valence-corrected chi connectivity index (χ1v) is 8.66. The number of piperidine rings is 1. The number of para-hydroxylation sites is 2. The van der Waals surface area contributed by atoms with Gasteiger partial charge in [-0.2, -0.15) is 0 Å². The quantitative estimate of drug-likeness (QED) is 0.743. The molecule has 8 nitrogen and oxygen atoms in total. The van der Waals surface area contributed by atoms with Gasteiger partial charge >= 0.3 is 5.76 Å². The second-order valence-electron chi connectivity index (χ2n) is 6.45. The van der Waals surface area contributed by atoms with Gasteiger partial charge in [0.2, 0.25) is 0 Å². The van der Waals surface area contributed by atoms with E-state index in [0.29, 0.717) is 24.7 Å². The van der Waals surface area contributed by atoms with Crippen molar-refractivity contribution < 1.29 is 4.42 Å². The van der Waals surface area contributed by atoms with Crippen molar-refractivity contribution in [1.82, 2.24) is 24.5 Å². The van der Waals surface area contributed by atoms with Crippen molar-refractivity contribution in [2.45, 2.75) is 32.0 Å². The number of likely N-dealkylation sites (tertiary alicyclic amines) is 1. The highest BCUT2D eigenvalue weighted by atomic mass is 16.4. The molecule has 2 N–H and O–H groups in total. The molecule has 1 aliphatic heterocycles. The van der Waals surface area contributed by atoms with Gasteiger partial charge in [-0.25, -0.2) is 9.48 Å². The molecule has 1 saturated heterocycles. The number of rotatable bonds is 5. The number of hydrogen-bond donors (Lipinski definition) is 1. The normalized spacial score (nSPS) is 16.7. The van der Waals surface area contributed by atoms with Gasteiger partial charge in [0.05, 0.1) is 23.4 Å². The molecule has 0 atom stereocenters. The van der Waals surface area contributed by atoms with Gasteiger partial charge in [0, 0.05) is 32.7 Å². The molecule has 1 fully saturated rings. The van der Waals surface area contributed by atoms with Crippen LogP contribution in [0.25, 0.3) is 11.1 Å². The van der Waals surface area contributed by atoms with Crippen LogP contribution in [0.1, 0.15) is 24.6 Å². The summed E-state index contributed by atoms with van der Waals surface area (Å²) >= 11 is 0. The molecular formula is C17H22N6O2. The molecule has 132 valence electrons. The van der Waals surface area contributed by atoms with Crippen LogP contribution in [0.4, 0.5) is 0 Å². The second-order valence-corrected chi connectivity index (χ2v) is 6.45. The molecule has 1 aromatic carbocycles. The number of nitrogens with zero attached hydrogens (tertiary/aromatic N) is 5. The highest BCUT2D eigenvalue weighted by Crippen LogP contribution is 2.21. The Morgan fingerprint density at radius 3 is 2.76 bits per heavy atom. The number of hydrogen-bond acceptors (Lipinski definition) is 6. The molecule has 2 aromatic heterocycles. The summed E-state index contributed by atoms with van der Waals surface area (Å²) in [5.74, 6) is -0.284. The van der Waals surface area contributed by atoms with Crippen LogP contribution in [-0.4, -0.2) is 44.1 Å². The van der Waals surface area contributed by atoms with Crippen LogP contribution in [0.3, 0.4) is 0 Å². The monoisotopic (exact) mass is 342 g/mol. The van der Waals surface area contributed by atoms with Crippen LogP contribution in [0, 0.1) is 0 Å². The van der Waals surface area contributed by atoms with Gasteiger partial charge < -0.3 is 15.1 Å². The average molecular weight is 342 g/mol. The van der Waals surface area contributed by atoms with Gasteiger partial charge in [-0.1, -0.05) is 17.3 Å². The van der Waals surface area contributed by atoms with Crippen molar-refractivity contribution in [2.75, 3.05) is 19.6 Å². The Morgan fingerprint density at radius 1 is 1.20 bits per heavy atom. The highest BCUT2D eigenvalue weighted by Gasteiger charge is 2.21. The Balaban J connectivity index is 1.35. The Morgan fingerprint density at radius 2 is 2.00 bits per heavy atom. The average Bonchev–Trinajstić information content (AvgIpc) is 3.24. The number of fused-ring (bicyclic) bond motifs is 1. The molecule has 3 aromatic rings. The summed E-state index contributed by atoms with van der Waals surface area (Å²) in [6.07, 6.45) is 3.99. The lowest BCUT2D eigenvalue weighted by Crippen LogP contribution is -2.37. The molecule has 0 radical (unpaired) electrons. The van der Waals surface area contributed by atoms with Crippen LogP contribution in [-0.2, 0) is 13.1 Å². The second kappa shape index (κ2) is 6.81. The molecule has 0 bridgehead atoms. The third-order valence-corrected chi connectivity index (χ3v) is 4.91. The topological polar surface area (TPSA) is 95.1 Å². The SMILES string of the molecule is NCc1cn(C2CCN(CCn3c(=O)oc4ccccc43)CC2)nn1. The van der Waals surface area contributed by atoms with Gasteiger partial charge in [0.15, 0.2) is 5.58 Å². The molecule has 4 rings (SSSR count). The fraction of sp³-hybridized carbons (Fsp3) is 0.471. The van der Waals surface area contributed by atoms with Crippen LogP contribution >= 0.6 is 0 Å². The minimum Gasteiger partial charge on any atom is -0.408 e. The number of benzene rings is 1. The molecule has 0 unspecified atom stereocenters. The van der Waals surface area contributed by atoms with Crippen molar-refractivity contribution in [3.05, 3.63) is 46.7 Å². The van der Waals surface area contributed by atoms with E-state index in [9.17, 15) is 4.79 Å². The van der Waals surface area contributed by atoms with Crippen LogP contribution < -0.4 is 11.5 Å². The van der Waals surface area contributed by atoms with Gasteiger partial charge in [0.25, 0.3) is 0 Å². The number of aromatic nitrogens is 4. The lowest BCUT2D eigenvalue weighted by Gasteiger charge is -2.31. The summed E-state index contributed by atoms with van der Waals surface area (Å²) in [5, 5.41) is 8.24. The zero-order valence-electron chi connectivity index (χ0n) is 14.0. The maximum absolute atomic E-state index is 12.0. The minimum absolute atomic E-state index is 0.284. The molecule has 0 spiro atoms. The fourth-order valence-electron chi connectivity index (χ4n) is 3.46. The van der Waals surface area contributed by atoms with E-state index in [-0.39, 0.29) is 5.76 Å². The van der Waals surface area contributed by atoms with Gasteiger partial charge in [-0.15, -0.1) is 5.10 Å². The molecular weight excluding hydrogens is 320 g/mol. The van der Waals surface area contributed by atoms with E-state index in [1.807, 2.05) is 35.1 Å². The van der Waals surface area contributed by atoms with E-state index >= 15 is 0 Å². The summed E-state index contributed by atoms with van der Waals surface area (Å²) in [6.45, 7) is 3.86. The predicted octanol–water partition coefficient (Wildman–Crippen LogP) is 0.982. The highest BCUT2D eigenvalue weighted by molar-refractivity contribution is 5.72. The van der Waals surface area contributed by atoms with Crippen molar-refractivity contribution in [3.63, 3.8) is 0 Å². The maximum Gasteiger partial charge on any atom is 0.419 e. The van der Waals surface area contributed by atoms with Gasteiger partial charge in [0.1, 0.15) is 0 Å². The van der Waals surface area contributed by atoms with E-state index < -0.39 is 0 Å². The lowest BCUT2D eigenvalue weighted by molar-refractivity contribution is 0.173. The zero-order valence-corrected chi connectivity index (χ0v) is 14.0. The summed E-state index contributed by atoms with van der Waals surface area (Å²) in [7, 11) is 0. The zero-order chi connectivity index (χ0) is 17.2. The predicted molar refractivity (Wildman–Crippen MR) is 93.1 cm³/mol. The van der Waals surface area contributed by atoms with Gasteiger partial charge in [-0.3, -0.25) is 4.57 Å². The number of oxazole rings is 1. The van der Waals surface area contributed by atoms with Crippen LogP contribution in [0.15, 0.2) is 39.7 Å². The first-order valence-electron chi connectivity index (χ1n) is 8.66. The summed E-state index contributed by atoms with van der Waals surface area (Å²) < 4.78 is 8.94. The molecule has 1 aliphatic rings. The van der Waals surface area contributed by atoms with Crippen molar-refractivity contribution in [3.8, 4) is 0 Å². The standard InChI is InChI=1S/C17H22N6O2/c18-11-13-12-23(20-19-13)14-5-7-21(8-6-14)9-10-22-15-3-1-2-4-16(15)25-17(22)24/h1-4,12,14H,5-11,18H2. The molecule has 0 amide bonds. The Hall–Kier alpha value is -2.45. The van der Waals surface area contributed by atoms with Crippen molar-refractivity contribution >= 4 is 11.1 Å². The molecule has 25 heavy (non-hydrogen) atoms. The van der Waals surface area contributed by atoms with Crippen LogP contribution in [0.5, 0.6) is 0 Å². The third-order valence-electron chi connectivity index (χ3n) is 4.91. The molecule has 0 saturated carbocycles. The number of nitrogens with two attached hydrogens (primary N) is 1. The van der Waals surface area contributed by atoms with E-state index in [4.69, 9.17) is 10.2 Å². The molecule has 0 aliphatic carbocycles. The lowest BCUT2D eigenvalue weighted by atomic mass is 10.1. The fourth-order valence-corrected chi connectivity index (χ4v) is 3.46. The first-order chi connectivity index (χ1) is 12.2. The van der Waals surface area contributed by atoms with Gasteiger partial charge in [-0.05, 0) is 25.0 Å². The van der Waals surface area contributed by atoms with Crippen molar-refractivity contribution in [1.29, 1.82) is 0 Å². The maximum atomic E-state index is 12.0. The largest absolute Gasteiger partial charge is 0.419 e. The molecule has 3 heterocycles. The summed E-state index contributed by atoms with van der Waals surface area (Å²) in [5.41, 5.74) is 7.93. The third kappa shape index (κ3) is 3.22. The summed E-state index contributed by atoms with van der Waals surface area (Å²) in [4.78, 5) is 14.4. The van der Waals surface area contributed by atoms with Crippen molar-refractivity contribution in [2.24, 2.45) is 5.73 Å². The Labute approximate surface area is 144 Å². The van der Waals surface area contributed by atoms with E-state index in [1.165, 1.54) is 0 Å². The Bertz CT molecular complexity index is 903. The van der Waals surface area contributed by atoms with E-state index in [0.717, 1.165) is 43.7 Å². The minimum atomic E-state index is -0.284. The summed E-state index contributed by atoms with van der Waals surface area (Å²) in [6, 6.07) is 7.92. The van der Waals surface area contributed by atoms with E-state index in [1.54, 1.807) is 4.57 Å². The van der Waals surface area contributed by atoms with E-state index in [2.05, 4.69) is 15.2 Å². The van der Waals surface area contributed by atoms with Crippen LogP contribution in [0.2, 0.25) is 0 Å². The smallest absolute Gasteiger partial charge is 0.408 e. The Kier molecular flexibility index (Phi) is 4.37. The molecule has 8 heteroatoms.